The molecule has 0 aromatic heterocycles. The number of hydrogen-bond donors (Lipinski definition) is 1. The van der Waals surface area contributed by atoms with E-state index < -0.39 is 0 Å². The summed E-state index contributed by atoms with van der Waals surface area (Å²) in [5, 5.41) is 3.04. The number of amides is 2. The summed E-state index contributed by atoms with van der Waals surface area (Å²) in [5.74, 6) is 0. The van der Waals surface area contributed by atoms with E-state index in [0.717, 1.165) is 24.0 Å². The Hall–Kier alpha value is -1.55. The molecule has 1 saturated carbocycles. The lowest BCUT2D eigenvalue weighted by molar-refractivity contribution is 0.133. The first-order valence-electron chi connectivity index (χ1n) is 8.37. The van der Waals surface area contributed by atoms with Crippen LogP contribution in [0, 0.1) is 0 Å². The van der Waals surface area contributed by atoms with E-state index in [1.807, 2.05) is 31.0 Å². The summed E-state index contributed by atoms with van der Waals surface area (Å²) in [6, 6.07) is 8.54. The molecule has 2 rings (SSSR count). The molecule has 4 heteroatoms. The van der Waals surface area contributed by atoms with E-state index in [1.165, 1.54) is 19.3 Å². The lowest BCUT2D eigenvalue weighted by atomic mass is 9.95. The number of carbonyl (C=O) groups is 1. The highest BCUT2D eigenvalue weighted by Gasteiger charge is 2.21. The Morgan fingerprint density at radius 1 is 1.23 bits per heavy atom. The molecule has 4 nitrogen and oxygen atoms in total. The predicted octanol–water partition coefficient (Wildman–Crippen LogP) is 3.70. The van der Waals surface area contributed by atoms with Crippen LogP contribution < -0.4 is 5.32 Å². The molecule has 0 radical (unpaired) electrons. The van der Waals surface area contributed by atoms with Crippen molar-refractivity contribution in [3.05, 3.63) is 35.4 Å². The minimum absolute atomic E-state index is 0.0260. The predicted molar refractivity (Wildman–Crippen MR) is 88.6 cm³/mol. The third-order valence-corrected chi connectivity index (χ3v) is 4.45. The zero-order valence-corrected chi connectivity index (χ0v) is 13.8. The van der Waals surface area contributed by atoms with E-state index in [-0.39, 0.29) is 6.03 Å². The van der Waals surface area contributed by atoms with Crippen molar-refractivity contribution in [2.45, 2.75) is 58.2 Å². The summed E-state index contributed by atoms with van der Waals surface area (Å²) in [6.07, 6.45) is 6.03. The third kappa shape index (κ3) is 4.73. The molecule has 1 aliphatic carbocycles. The Morgan fingerprint density at radius 2 is 1.91 bits per heavy atom. The van der Waals surface area contributed by atoms with Crippen LogP contribution in [0.4, 0.5) is 4.79 Å². The van der Waals surface area contributed by atoms with Gasteiger partial charge in [0, 0.05) is 26.2 Å². The second-order valence-electron chi connectivity index (χ2n) is 5.97. The summed E-state index contributed by atoms with van der Waals surface area (Å²) in [5.41, 5.74) is 2.27. The van der Waals surface area contributed by atoms with Crippen LogP contribution in [0.1, 0.15) is 50.2 Å². The van der Waals surface area contributed by atoms with E-state index in [9.17, 15) is 4.79 Å². The molecule has 0 unspecified atom stereocenters. The Bertz CT molecular complexity index is 470. The number of nitrogens with one attached hydrogen (secondary N) is 1. The zero-order chi connectivity index (χ0) is 15.8. The van der Waals surface area contributed by atoms with Gasteiger partial charge in [0.15, 0.2) is 0 Å². The first-order valence-corrected chi connectivity index (χ1v) is 8.37. The Morgan fingerprint density at radius 3 is 2.59 bits per heavy atom. The number of carbonyl (C=O) groups excluding carboxylic acids is 1. The Labute approximate surface area is 133 Å². The molecule has 0 saturated heterocycles. The lowest BCUT2D eigenvalue weighted by Gasteiger charge is -2.31. The molecule has 0 spiro atoms. The maximum absolute atomic E-state index is 12.3. The van der Waals surface area contributed by atoms with Crippen molar-refractivity contribution in [2.24, 2.45) is 0 Å². The number of nitrogens with zero attached hydrogens (tertiary/aromatic N) is 1. The number of hydrogen-bond acceptors (Lipinski definition) is 2. The van der Waals surface area contributed by atoms with Gasteiger partial charge in [-0.2, -0.15) is 0 Å². The van der Waals surface area contributed by atoms with Crippen LogP contribution in [-0.2, 0) is 17.9 Å². The van der Waals surface area contributed by atoms with Gasteiger partial charge in [0.2, 0.25) is 0 Å². The van der Waals surface area contributed by atoms with Gasteiger partial charge < -0.3 is 15.0 Å². The molecule has 1 N–H and O–H groups in total. The molecule has 0 atom stereocenters. The molecule has 2 amide bonds. The third-order valence-electron chi connectivity index (χ3n) is 4.45. The summed E-state index contributed by atoms with van der Waals surface area (Å²) in [4.78, 5) is 14.2. The molecular formula is C18H28N2O2. The monoisotopic (exact) mass is 304 g/mol. The minimum atomic E-state index is 0.0260. The van der Waals surface area contributed by atoms with Crippen LogP contribution in [0.3, 0.4) is 0 Å². The van der Waals surface area contributed by atoms with Crippen molar-refractivity contribution in [1.82, 2.24) is 10.2 Å². The highest BCUT2D eigenvalue weighted by atomic mass is 16.5. The van der Waals surface area contributed by atoms with Crippen LogP contribution in [0.25, 0.3) is 0 Å². The maximum Gasteiger partial charge on any atom is 0.317 e. The highest BCUT2D eigenvalue weighted by molar-refractivity contribution is 5.74. The molecule has 22 heavy (non-hydrogen) atoms. The average Bonchev–Trinajstić information content (AvgIpc) is 2.58. The summed E-state index contributed by atoms with van der Waals surface area (Å²) < 4.78 is 5.49. The maximum atomic E-state index is 12.3. The van der Waals surface area contributed by atoms with E-state index in [2.05, 4.69) is 17.4 Å². The van der Waals surface area contributed by atoms with Gasteiger partial charge in [-0.15, -0.1) is 0 Å². The molecule has 1 aromatic rings. The van der Waals surface area contributed by atoms with Crippen LogP contribution in [-0.4, -0.2) is 30.6 Å². The van der Waals surface area contributed by atoms with E-state index in [1.54, 1.807) is 0 Å². The first kappa shape index (κ1) is 16.8. The molecule has 1 aromatic carbocycles. The van der Waals surface area contributed by atoms with Crippen molar-refractivity contribution < 1.29 is 9.53 Å². The van der Waals surface area contributed by atoms with Crippen molar-refractivity contribution in [2.75, 3.05) is 13.7 Å². The Kier molecular flexibility index (Phi) is 6.72. The SMILES string of the molecule is CCOCc1ccccc1CNC(=O)N(C)C1CCCCC1. The van der Waals surface area contributed by atoms with Crippen molar-refractivity contribution in [3.63, 3.8) is 0 Å². The van der Waals surface area contributed by atoms with Crippen molar-refractivity contribution in [1.29, 1.82) is 0 Å². The molecule has 1 aliphatic rings. The summed E-state index contributed by atoms with van der Waals surface area (Å²) in [6.45, 7) is 3.84. The average molecular weight is 304 g/mol. The second-order valence-corrected chi connectivity index (χ2v) is 5.97. The van der Waals surface area contributed by atoms with Gasteiger partial charge in [0.25, 0.3) is 0 Å². The van der Waals surface area contributed by atoms with E-state index in [0.29, 0.717) is 25.8 Å². The highest BCUT2D eigenvalue weighted by Crippen LogP contribution is 2.21. The van der Waals surface area contributed by atoms with Crippen LogP contribution in [0.5, 0.6) is 0 Å². The van der Waals surface area contributed by atoms with Crippen LogP contribution in [0.2, 0.25) is 0 Å². The smallest absolute Gasteiger partial charge is 0.317 e. The first-order chi connectivity index (χ1) is 10.7. The van der Waals surface area contributed by atoms with Crippen molar-refractivity contribution >= 4 is 6.03 Å². The van der Waals surface area contributed by atoms with Gasteiger partial charge in [-0.1, -0.05) is 43.5 Å². The molecule has 0 bridgehead atoms. The second kappa shape index (κ2) is 8.79. The zero-order valence-electron chi connectivity index (χ0n) is 13.8. The van der Waals surface area contributed by atoms with Gasteiger partial charge in [-0.05, 0) is 30.9 Å². The van der Waals surface area contributed by atoms with Crippen molar-refractivity contribution in [3.8, 4) is 0 Å². The fourth-order valence-corrected chi connectivity index (χ4v) is 3.01. The fourth-order valence-electron chi connectivity index (χ4n) is 3.01. The Balaban J connectivity index is 1.87. The van der Waals surface area contributed by atoms with Crippen LogP contribution >= 0.6 is 0 Å². The normalized spacial score (nSPS) is 15.5. The lowest BCUT2D eigenvalue weighted by Crippen LogP contribution is -2.44. The number of rotatable bonds is 6. The molecule has 0 heterocycles. The van der Waals surface area contributed by atoms with Crippen LogP contribution in [0.15, 0.2) is 24.3 Å². The van der Waals surface area contributed by atoms with E-state index in [4.69, 9.17) is 4.74 Å². The summed E-state index contributed by atoms with van der Waals surface area (Å²) >= 11 is 0. The van der Waals surface area contributed by atoms with Gasteiger partial charge in [-0.25, -0.2) is 4.79 Å². The molecule has 0 aliphatic heterocycles. The number of urea groups is 1. The largest absolute Gasteiger partial charge is 0.377 e. The quantitative estimate of drug-likeness (QED) is 0.870. The molecule has 1 fully saturated rings. The number of ether oxygens (including phenoxy) is 1. The topological polar surface area (TPSA) is 41.6 Å². The standard InChI is InChI=1S/C18H28N2O2/c1-3-22-14-16-10-8-7-9-15(16)13-19-18(21)20(2)17-11-5-4-6-12-17/h7-10,17H,3-6,11-14H2,1-2H3,(H,19,21). The molecule has 122 valence electrons. The van der Waals surface area contributed by atoms with Gasteiger partial charge in [-0.3, -0.25) is 0 Å². The van der Waals surface area contributed by atoms with Gasteiger partial charge in [0.05, 0.1) is 6.61 Å². The van der Waals surface area contributed by atoms with Gasteiger partial charge >= 0.3 is 6.03 Å². The number of benzene rings is 1. The van der Waals surface area contributed by atoms with E-state index >= 15 is 0 Å². The van der Waals surface area contributed by atoms with Gasteiger partial charge in [0.1, 0.15) is 0 Å². The minimum Gasteiger partial charge on any atom is -0.377 e. The molecular weight excluding hydrogens is 276 g/mol. The fraction of sp³-hybridized carbons (Fsp3) is 0.611. The summed E-state index contributed by atoms with van der Waals surface area (Å²) in [7, 11) is 1.91.